The standard InChI is InChI=1S/C12H11N5O2/c18-15-9-6-7-10(16-19)12-11(9)13-17(14-12)8-4-2-1-3-5-8/h1-5,18-19H,6-7H2/b15-9-,16-10-. The molecule has 1 heterocycles. The first-order chi connectivity index (χ1) is 9.33. The molecule has 0 atom stereocenters. The molecule has 2 N–H and O–H groups in total. The van der Waals surface area contributed by atoms with Crippen molar-refractivity contribution in [3.05, 3.63) is 41.7 Å². The zero-order valence-electron chi connectivity index (χ0n) is 9.93. The quantitative estimate of drug-likeness (QED) is 0.596. The number of fused-ring (bicyclic) bond motifs is 1. The van der Waals surface area contributed by atoms with E-state index in [-0.39, 0.29) is 0 Å². The van der Waals surface area contributed by atoms with E-state index >= 15 is 0 Å². The molecule has 0 spiro atoms. The van der Waals surface area contributed by atoms with Gasteiger partial charge >= 0.3 is 0 Å². The summed E-state index contributed by atoms with van der Waals surface area (Å²) in [6, 6.07) is 9.36. The van der Waals surface area contributed by atoms with Gasteiger partial charge in [-0.2, -0.15) is 4.80 Å². The third-order valence-electron chi connectivity index (χ3n) is 2.99. The number of rotatable bonds is 1. The van der Waals surface area contributed by atoms with Gasteiger partial charge in [0.05, 0.1) is 5.69 Å². The Morgan fingerprint density at radius 1 is 0.895 bits per heavy atom. The number of hydrogen-bond donors (Lipinski definition) is 2. The molecule has 1 aromatic carbocycles. The highest BCUT2D eigenvalue weighted by molar-refractivity contribution is 6.15. The Morgan fingerprint density at radius 3 is 1.89 bits per heavy atom. The molecule has 19 heavy (non-hydrogen) atoms. The smallest absolute Gasteiger partial charge is 0.140 e. The predicted octanol–water partition coefficient (Wildman–Crippen LogP) is 1.42. The van der Waals surface area contributed by atoms with Crippen LogP contribution >= 0.6 is 0 Å². The lowest BCUT2D eigenvalue weighted by molar-refractivity contribution is 0.315. The molecule has 7 nitrogen and oxygen atoms in total. The molecule has 3 rings (SSSR count). The summed E-state index contributed by atoms with van der Waals surface area (Å²) in [6.07, 6.45) is 0.937. The van der Waals surface area contributed by atoms with E-state index in [4.69, 9.17) is 10.4 Å². The second kappa shape index (κ2) is 4.52. The minimum Gasteiger partial charge on any atom is -0.411 e. The van der Waals surface area contributed by atoms with Crippen LogP contribution < -0.4 is 0 Å². The van der Waals surface area contributed by atoms with Gasteiger partial charge in [-0.3, -0.25) is 0 Å². The van der Waals surface area contributed by atoms with Crippen molar-refractivity contribution in [1.29, 1.82) is 0 Å². The minimum absolute atomic E-state index is 0.449. The van der Waals surface area contributed by atoms with Gasteiger partial charge in [0.15, 0.2) is 0 Å². The molecule has 0 aliphatic heterocycles. The van der Waals surface area contributed by atoms with Gasteiger partial charge in [-0.1, -0.05) is 28.5 Å². The zero-order valence-corrected chi connectivity index (χ0v) is 9.93. The molecule has 0 saturated carbocycles. The minimum atomic E-state index is 0.449. The fraction of sp³-hybridized carbons (Fsp3) is 0.167. The van der Waals surface area contributed by atoms with E-state index in [1.54, 1.807) is 0 Å². The zero-order chi connectivity index (χ0) is 13.2. The molecule has 1 aromatic heterocycles. The van der Waals surface area contributed by atoms with Crippen molar-refractivity contribution >= 4 is 11.4 Å². The first-order valence-corrected chi connectivity index (χ1v) is 5.79. The molecule has 1 aliphatic rings. The molecule has 0 bridgehead atoms. The van der Waals surface area contributed by atoms with Crippen molar-refractivity contribution in [1.82, 2.24) is 15.0 Å². The van der Waals surface area contributed by atoms with E-state index in [1.807, 2.05) is 30.3 Å². The summed E-state index contributed by atoms with van der Waals surface area (Å²) in [4.78, 5) is 1.44. The molecule has 0 radical (unpaired) electrons. The summed E-state index contributed by atoms with van der Waals surface area (Å²) in [5.74, 6) is 0. The second-order valence-electron chi connectivity index (χ2n) is 4.12. The molecule has 2 aromatic rings. The van der Waals surface area contributed by atoms with Gasteiger partial charge < -0.3 is 10.4 Å². The molecule has 0 amide bonds. The van der Waals surface area contributed by atoms with Crippen LogP contribution in [0.1, 0.15) is 24.2 Å². The van der Waals surface area contributed by atoms with Gasteiger partial charge in [0.1, 0.15) is 22.8 Å². The highest BCUT2D eigenvalue weighted by Crippen LogP contribution is 2.20. The highest BCUT2D eigenvalue weighted by atomic mass is 16.4. The number of aromatic nitrogens is 3. The van der Waals surface area contributed by atoms with Crippen LogP contribution in [0.3, 0.4) is 0 Å². The lowest BCUT2D eigenvalue weighted by atomic mass is 9.97. The van der Waals surface area contributed by atoms with Crippen molar-refractivity contribution in [2.24, 2.45) is 10.3 Å². The van der Waals surface area contributed by atoms with Crippen LogP contribution in [0.4, 0.5) is 0 Å². The summed E-state index contributed by atoms with van der Waals surface area (Å²) < 4.78 is 0. The van der Waals surface area contributed by atoms with Crippen LogP contribution in [0.2, 0.25) is 0 Å². The van der Waals surface area contributed by atoms with Crippen molar-refractivity contribution in [2.45, 2.75) is 12.8 Å². The summed E-state index contributed by atoms with van der Waals surface area (Å²) in [6.45, 7) is 0. The van der Waals surface area contributed by atoms with Gasteiger partial charge in [0, 0.05) is 12.8 Å². The van der Waals surface area contributed by atoms with Crippen molar-refractivity contribution < 1.29 is 10.4 Å². The second-order valence-corrected chi connectivity index (χ2v) is 4.12. The molecular weight excluding hydrogens is 246 g/mol. The summed E-state index contributed by atoms with van der Waals surface area (Å²) >= 11 is 0. The summed E-state index contributed by atoms with van der Waals surface area (Å²) in [7, 11) is 0. The molecule has 7 heteroatoms. The van der Waals surface area contributed by atoms with Crippen molar-refractivity contribution in [2.75, 3.05) is 0 Å². The number of oxime groups is 2. The Balaban J connectivity index is 2.15. The maximum Gasteiger partial charge on any atom is 0.140 e. The van der Waals surface area contributed by atoms with E-state index in [1.165, 1.54) is 4.80 Å². The third-order valence-corrected chi connectivity index (χ3v) is 2.99. The first kappa shape index (κ1) is 11.4. The van der Waals surface area contributed by atoms with Gasteiger partial charge in [-0.15, -0.1) is 10.2 Å². The fourth-order valence-electron chi connectivity index (χ4n) is 2.04. The summed E-state index contributed by atoms with van der Waals surface area (Å²) in [5, 5.41) is 33.0. The number of benzene rings is 1. The Bertz CT molecular complexity index is 623. The maximum atomic E-state index is 8.99. The van der Waals surface area contributed by atoms with Crippen LogP contribution in [0.25, 0.3) is 5.69 Å². The van der Waals surface area contributed by atoms with Crippen molar-refractivity contribution in [3.8, 4) is 5.69 Å². The Kier molecular flexibility index (Phi) is 2.71. The van der Waals surface area contributed by atoms with Crippen LogP contribution in [0, 0.1) is 0 Å². The number of nitrogens with zero attached hydrogens (tertiary/aromatic N) is 5. The lowest BCUT2D eigenvalue weighted by Crippen LogP contribution is -2.18. The van der Waals surface area contributed by atoms with Crippen LogP contribution in [-0.2, 0) is 0 Å². The molecule has 96 valence electrons. The Morgan fingerprint density at radius 2 is 1.42 bits per heavy atom. The van der Waals surface area contributed by atoms with E-state index < -0.39 is 0 Å². The normalized spacial score (nSPS) is 18.7. The van der Waals surface area contributed by atoms with Gasteiger partial charge in [0.2, 0.25) is 0 Å². The SMILES string of the molecule is O/N=C1/CC/C(=N/O)c2nn(-c3ccccc3)nc21. The molecule has 1 aliphatic carbocycles. The average molecular weight is 257 g/mol. The molecule has 0 unspecified atom stereocenters. The van der Waals surface area contributed by atoms with E-state index in [2.05, 4.69) is 20.5 Å². The van der Waals surface area contributed by atoms with Crippen LogP contribution in [-0.4, -0.2) is 36.8 Å². The van der Waals surface area contributed by atoms with E-state index in [0.29, 0.717) is 35.7 Å². The average Bonchev–Trinajstić information content (AvgIpc) is 2.92. The van der Waals surface area contributed by atoms with Crippen LogP contribution in [0.5, 0.6) is 0 Å². The van der Waals surface area contributed by atoms with Gasteiger partial charge in [-0.25, -0.2) is 0 Å². The van der Waals surface area contributed by atoms with Crippen molar-refractivity contribution in [3.63, 3.8) is 0 Å². The molecule has 0 saturated heterocycles. The maximum absolute atomic E-state index is 8.99. The van der Waals surface area contributed by atoms with Crippen LogP contribution in [0.15, 0.2) is 40.6 Å². The first-order valence-electron chi connectivity index (χ1n) is 5.79. The van der Waals surface area contributed by atoms with Gasteiger partial charge in [0.25, 0.3) is 0 Å². The monoisotopic (exact) mass is 257 g/mol. The largest absolute Gasteiger partial charge is 0.411 e. The third kappa shape index (κ3) is 1.85. The number of hydrogen-bond acceptors (Lipinski definition) is 6. The highest BCUT2D eigenvalue weighted by Gasteiger charge is 2.27. The predicted molar refractivity (Wildman–Crippen MR) is 67.2 cm³/mol. The topological polar surface area (TPSA) is 95.9 Å². The Labute approximate surface area is 108 Å². The van der Waals surface area contributed by atoms with Gasteiger partial charge in [-0.05, 0) is 12.1 Å². The summed E-state index contributed by atoms with van der Waals surface area (Å²) in [5.41, 5.74) is 2.58. The molecular formula is C12H11N5O2. The van der Waals surface area contributed by atoms with E-state index in [0.717, 1.165) is 5.69 Å². The fourth-order valence-corrected chi connectivity index (χ4v) is 2.04. The lowest BCUT2D eigenvalue weighted by Gasteiger charge is -2.09. The molecule has 0 fully saturated rings. The van der Waals surface area contributed by atoms with E-state index in [9.17, 15) is 0 Å². The number of para-hydroxylation sites is 1. The Hall–Kier alpha value is -2.70.